The van der Waals surface area contributed by atoms with Crippen molar-refractivity contribution in [2.75, 3.05) is 0 Å². The van der Waals surface area contributed by atoms with E-state index in [9.17, 15) is 0 Å². The molecule has 0 spiro atoms. The molecule has 44 valence electrons. The lowest BCUT2D eigenvalue weighted by molar-refractivity contribution is 0.794. The molecule has 1 aliphatic rings. The van der Waals surface area contributed by atoms with Gasteiger partial charge in [0.05, 0.1) is 0 Å². The van der Waals surface area contributed by atoms with Gasteiger partial charge in [-0.1, -0.05) is 24.3 Å². The third-order valence-corrected chi connectivity index (χ3v) is 1.60. The molecule has 1 aliphatic carbocycles. The number of halogens is 1. The molecule has 1 atom stereocenters. The molecule has 0 aromatic rings. The van der Waals surface area contributed by atoms with Crippen LogP contribution in [0, 0.1) is 5.92 Å². The van der Waals surface area contributed by atoms with E-state index in [-0.39, 0.29) is 5.38 Å². The van der Waals surface area contributed by atoms with Crippen molar-refractivity contribution in [2.24, 2.45) is 5.92 Å². The fourth-order valence-corrected chi connectivity index (χ4v) is 0.923. The number of allylic oxidation sites excluding steroid dienone is 4. The third-order valence-electron chi connectivity index (χ3n) is 1.31. The Labute approximate surface area is 54.8 Å². The van der Waals surface area contributed by atoms with Gasteiger partial charge in [0.1, 0.15) is 0 Å². The number of hydrogen-bond acceptors (Lipinski definition) is 0. The summed E-state index contributed by atoms with van der Waals surface area (Å²) in [7, 11) is 0. The average molecular weight is 129 g/mol. The van der Waals surface area contributed by atoms with Crippen LogP contribution in [0.1, 0.15) is 6.92 Å². The van der Waals surface area contributed by atoms with E-state index in [1.807, 2.05) is 19.1 Å². The highest BCUT2D eigenvalue weighted by atomic mass is 35.5. The summed E-state index contributed by atoms with van der Waals surface area (Å²) in [5.74, 6) is 0.469. The molecule has 0 aromatic heterocycles. The van der Waals surface area contributed by atoms with Crippen LogP contribution in [-0.2, 0) is 0 Å². The first kappa shape index (κ1) is 5.90. The summed E-state index contributed by atoms with van der Waals surface area (Å²) in [6.07, 6.45) is 8.28. The van der Waals surface area contributed by atoms with Gasteiger partial charge in [-0.15, -0.1) is 11.6 Å². The van der Waals surface area contributed by atoms with Crippen LogP contribution in [0.15, 0.2) is 24.3 Å². The fraction of sp³-hybridized carbons (Fsp3) is 0.429. The van der Waals surface area contributed by atoms with E-state index in [2.05, 4.69) is 12.2 Å². The van der Waals surface area contributed by atoms with Crippen LogP contribution in [0.3, 0.4) is 0 Å². The number of alkyl halides is 1. The van der Waals surface area contributed by atoms with E-state index in [1.165, 1.54) is 0 Å². The molecule has 0 N–H and O–H groups in total. The first-order valence-electron chi connectivity index (χ1n) is 2.80. The Balaban J connectivity index is 2.49. The Morgan fingerprint density at radius 3 is 2.12 bits per heavy atom. The lowest BCUT2D eigenvalue weighted by atomic mass is 10.1. The second kappa shape index (κ2) is 2.36. The zero-order valence-electron chi connectivity index (χ0n) is 4.84. The van der Waals surface area contributed by atoms with Gasteiger partial charge in [-0.05, 0) is 6.92 Å². The predicted octanol–water partition coefficient (Wildman–Crippen LogP) is 2.36. The minimum Gasteiger partial charge on any atom is -0.122 e. The summed E-state index contributed by atoms with van der Waals surface area (Å²) < 4.78 is 0. The van der Waals surface area contributed by atoms with E-state index in [0.29, 0.717) is 5.92 Å². The Kier molecular flexibility index (Phi) is 1.74. The predicted molar refractivity (Wildman–Crippen MR) is 37.1 cm³/mol. The van der Waals surface area contributed by atoms with Gasteiger partial charge in [0.25, 0.3) is 0 Å². The molecule has 1 unspecified atom stereocenters. The maximum Gasteiger partial charge on any atom is 0.0405 e. The van der Waals surface area contributed by atoms with Crippen molar-refractivity contribution in [1.29, 1.82) is 0 Å². The average Bonchev–Trinajstić information content (AvgIpc) is 2.12. The Morgan fingerprint density at radius 2 is 1.88 bits per heavy atom. The zero-order valence-corrected chi connectivity index (χ0v) is 5.60. The summed E-state index contributed by atoms with van der Waals surface area (Å²) >= 11 is 5.78. The van der Waals surface area contributed by atoms with Gasteiger partial charge in [-0.25, -0.2) is 0 Å². The van der Waals surface area contributed by atoms with E-state index < -0.39 is 0 Å². The summed E-state index contributed by atoms with van der Waals surface area (Å²) in [4.78, 5) is 0. The van der Waals surface area contributed by atoms with Gasteiger partial charge in [0.15, 0.2) is 0 Å². The van der Waals surface area contributed by atoms with E-state index >= 15 is 0 Å². The number of hydrogen-bond donors (Lipinski definition) is 0. The van der Waals surface area contributed by atoms with Crippen LogP contribution < -0.4 is 0 Å². The van der Waals surface area contributed by atoms with Gasteiger partial charge in [-0.2, -0.15) is 0 Å². The third kappa shape index (κ3) is 1.13. The van der Waals surface area contributed by atoms with Gasteiger partial charge in [0, 0.05) is 11.3 Å². The second-order valence-corrected chi connectivity index (χ2v) is 2.71. The van der Waals surface area contributed by atoms with Gasteiger partial charge >= 0.3 is 0 Å². The van der Waals surface area contributed by atoms with Crippen molar-refractivity contribution in [1.82, 2.24) is 0 Å². The molecule has 0 aliphatic heterocycles. The van der Waals surface area contributed by atoms with Crippen molar-refractivity contribution >= 4 is 11.6 Å². The molecule has 0 heterocycles. The Morgan fingerprint density at radius 1 is 1.38 bits per heavy atom. The largest absolute Gasteiger partial charge is 0.122 e. The van der Waals surface area contributed by atoms with Gasteiger partial charge < -0.3 is 0 Å². The molecule has 0 fully saturated rings. The van der Waals surface area contributed by atoms with Gasteiger partial charge in [-0.3, -0.25) is 0 Å². The molecule has 0 bridgehead atoms. The molecular formula is C7H9Cl. The Hall–Kier alpha value is -0.230. The van der Waals surface area contributed by atoms with E-state index in [1.54, 1.807) is 0 Å². The second-order valence-electron chi connectivity index (χ2n) is 2.02. The minimum atomic E-state index is 0.241. The molecule has 0 saturated carbocycles. The lowest BCUT2D eigenvalue weighted by Gasteiger charge is -2.04. The standard InChI is InChI=1S/C7H9Cl/c1-6(8)7-4-2-3-5-7/h2-7H,1H3. The van der Waals surface area contributed by atoms with Crippen LogP contribution in [0.2, 0.25) is 0 Å². The van der Waals surface area contributed by atoms with Crippen LogP contribution in [0.5, 0.6) is 0 Å². The van der Waals surface area contributed by atoms with Crippen molar-refractivity contribution in [2.45, 2.75) is 12.3 Å². The quantitative estimate of drug-likeness (QED) is 0.476. The molecule has 0 amide bonds. The van der Waals surface area contributed by atoms with Crippen molar-refractivity contribution in [3.8, 4) is 0 Å². The van der Waals surface area contributed by atoms with E-state index in [4.69, 9.17) is 11.6 Å². The molecule has 0 nitrogen and oxygen atoms in total. The SMILES string of the molecule is CC(Cl)C1C=CC=C1. The van der Waals surface area contributed by atoms with E-state index in [0.717, 1.165) is 0 Å². The van der Waals surface area contributed by atoms with Crippen molar-refractivity contribution in [3.63, 3.8) is 0 Å². The summed E-state index contributed by atoms with van der Waals surface area (Å²) in [6, 6.07) is 0. The summed E-state index contributed by atoms with van der Waals surface area (Å²) in [5.41, 5.74) is 0. The first-order valence-corrected chi connectivity index (χ1v) is 3.23. The minimum absolute atomic E-state index is 0.241. The van der Waals surface area contributed by atoms with Crippen molar-refractivity contribution < 1.29 is 0 Å². The lowest BCUT2D eigenvalue weighted by Crippen LogP contribution is -2.01. The molecule has 8 heavy (non-hydrogen) atoms. The Bertz CT molecular complexity index is 110. The first-order chi connectivity index (χ1) is 3.80. The van der Waals surface area contributed by atoms with Crippen molar-refractivity contribution in [3.05, 3.63) is 24.3 Å². The molecular weight excluding hydrogens is 120 g/mol. The van der Waals surface area contributed by atoms with Gasteiger partial charge in [0.2, 0.25) is 0 Å². The highest BCUT2D eigenvalue weighted by Crippen LogP contribution is 2.17. The molecule has 0 radical (unpaired) electrons. The highest BCUT2D eigenvalue weighted by molar-refractivity contribution is 6.20. The maximum absolute atomic E-state index is 5.78. The monoisotopic (exact) mass is 128 g/mol. The van der Waals surface area contributed by atoms with Crippen LogP contribution in [0.4, 0.5) is 0 Å². The number of rotatable bonds is 1. The molecule has 1 heteroatoms. The summed E-state index contributed by atoms with van der Waals surface area (Å²) in [5, 5.41) is 0.241. The summed E-state index contributed by atoms with van der Waals surface area (Å²) in [6.45, 7) is 2.01. The molecule has 1 rings (SSSR count). The van der Waals surface area contributed by atoms with Crippen LogP contribution >= 0.6 is 11.6 Å². The fourth-order valence-electron chi connectivity index (χ4n) is 0.755. The molecule has 0 saturated heterocycles. The topological polar surface area (TPSA) is 0 Å². The molecule has 0 aromatic carbocycles. The smallest absolute Gasteiger partial charge is 0.0405 e. The maximum atomic E-state index is 5.78. The zero-order chi connectivity index (χ0) is 5.98. The van der Waals surface area contributed by atoms with Crippen LogP contribution in [0.25, 0.3) is 0 Å². The van der Waals surface area contributed by atoms with Crippen LogP contribution in [-0.4, -0.2) is 5.38 Å². The normalized spacial score (nSPS) is 22.2. The highest BCUT2D eigenvalue weighted by Gasteiger charge is 2.08.